The van der Waals surface area contributed by atoms with Crippen LogP contribution in [0.15, 0.2) is 71.3 Å². The van der Waals surface area contributed by atoms with Gasteiger partial charge in [0, 0.05) is 23.5 Å². The van der Waals surface area contributed by atoms with E-state index < -0.39 is 10.8 Å². The Balaban J connectivity index is 1.40. The number of para-hydroxylation sites is 2. The molecule has 0 aliphatic heterocycles. The normalized spacial score (nSPS) is 10.6. The average molecular weight is 390 g/mol. The third kappa shape index (κ3) is 4.03. The minimum absolute atomic E-state index is 0.0348. The number of oxazole rings is 1. The molecule has 4 aromatic rings. The Bertz CT molecular complexity index is 1150. The Morgan fingerprint density at radius 2 is 1.90 bits per heavy atom. The minimum Gasteiger partial charge on any atom is -0.477 e. The van der Waals surface area contributed by atoms with Crippen LogP contribution >= 0.6 is 0 Å². The first-order valence-electron chi connectivity index (χ1n) is 8.58. The topological polar surface area (TPSA) is 120 Å². The molecular weight excluding hydrogens is 376 g/mol. The summed E-state index contributed by atoms with van der Waals surface area (Å²) >= 11 is 0. The van der Waals surface area contributed by atoms with Crippen LogP contribution in [0.5, 0.6) is 5.75 Å². The number of hydrogen-bond acceptors (Lipinski definition) is 7. The lowest BCUT2D eigenvalue weighted by Gasteiger charge is -2.08. The number of amides is 1. The first-order chi connectivity index (χ1) is 14.1. The number of nitrogens with zero attached hydrogens (tertiary/aromatic N) is 3. The molecule has 0 saturated heterocycles. The van der Waals surface area contributed by atoms with Crippen molar-refractivity contribution < 1.29 is 18.9 Å². The van der Waals surface area contributed by atoms with E-state index in [4.69, 9.17) is 9.15 Å². The monoisotopic (exact) mass is 390 g/mol. The average Bonchev–Trinajstić information content (AvgIpc) is 3.17. The number of ether oxygens (including phenoxy) is 1. The van der Waals surface area contributed by atoms with Crippen LogP contribution < -0.4 is 10.1 Å². The van der Waals surface area contributed by atoms with Gasteiger partial charge in [0.25, 0.3) is 5.91 Å². The molecule has 0 radical (unpaired) electrons. The molecule has 0 unspecified atom stereocenters. The standard InChI is InChI=1S/C20H14N4O5/c25-18(12-28-16-5-2-1-4-15(16)24(26)27)22-14-9-7-13(8-10-14)20-23-19-17(29-20)6-3-11-21-19/h1-11H,12H2,(H,22,25). The van der Waals surface area contributed by atoms with E-state index in [1.54, 1.807) is 48.7 Å². The van der Waals surface area contributed by atoms with Crippen LogP contribution in [0, 0.1) is 10.1 Å². The highest BCUT2D eigenvalue weighted by molar-refractivity contribution is 5.92. The zero-order valence-corrected chi connectivity index (χ0v) is 14.9. The zero-order chi connectivity index (χ0) is 20.2. The van der Waals surface area contributed by atoms with E-state index in [1.807, 2.05) is 0 Å². The second-order valence-electron chi connectivity index (χ2n) is 5.98. The van der Waals surface area contributed by atoms with Gasteiger partial charge in [0.2, 0.25) is 5.89 Å². The highest BCUT2D eigenvalue weighted by atomic mass is 16.6. The lowest BCUT2D eigenvalue weighted by atomic mass is 10.2. The van der Waals surface area contributed by atoms with E-state index in [1.165, 1.54) is 18.2 Å². The van der Waals surface area contributed by atoms with E-state index in [0.717, 1.165) is 5.56 Å². The maximum atomic E-state index is 12.1. The van der Waals surface area contributed by atoms with Crippen LogP contribution in [0.4, 0.5) is 11.4 Å². The molecule has 2 heterocycles. The first-order valence-corrected chi connectivity index (χ1v) is 8.58. The SMILES string of the molecule is O=C(COc1ccccc1[N+](=O)[O-])Nc1ccc(-c2nc3ncccc3o2)cc1. The summed E-state index contributed by atoms with van der Waals surface area (Å²) in [4.78, 5) is 31.0. The van der Waals surface area contributed by atoms with Crippen LogP contribution in [-0.2, 0) is 4.79 Å². The van der Waals surface area contributed by atoms with E-state index in [0.29, 0.717) is 22.8 Å². The summed E-state index contributed by atoms with van der Waals surface area (Å²) in [6.07, 6.45) is 1.64. The maximum absolute atomic E-state index is 12.1. The fourth-order valence-corrected chi connectivity index (χ4v) is 2.66. The molecule has 1 N–H and O–H groups in total. The Morgan fingerprint density at radius 3 is 2.66 bits per heavy atom. The smallest absolute Gasteiger partial charge is 0.310 e. The number of hydrogen-bond donors (Lipinski definition) is 1. The number of rotatable bonds is 6. The second kappa shape index (κ2) is 7.77. The lowest BCUT2D eigenvalue weighted by Crippen LogP contribution is -2.20. The van der Waals surface area contributed by atoms with Crippen LogP contribution in [0.1, 0.15) is 0 Å². The van der Waals surface area contributed by atoms with Crippen molar-refractivity contribution in [3.63, 3.8) is 0 Å². The molecule has 4 rings (SSSR count). The number of fused-ring (bicyclic) bond motifs is 1. The van der Waals surface area contributed by atoms with Crippen molar-refractivity contribution in [3.8, 4) is 17.2 Å². The van der Waals surface area contributed by atoms with Crippen molar-refractivity contribution in [1.82, 2.24) is 9.97 Å². The quantitative estimate of drug-likeness (QED) is 0.392. The minimum atomic E-state index is -0.562. The van der Waals surface area contributed by atoms with E-state index in [-0.39, 0.29) is 18.0 Å². The highest BCUT2D eigenvalue weighted by Gasteiger charge is 2.15. The van der Waals surface area contributed by atoms with Gasteiger partial charge in [-0.3, -0.25) is 14.9 Å². The van der Waals surface area contributed by atoms with Crippen LogP contribution in [0.2, 0.25) is 0 Å². The van der Waals surface area contributed by atoms with E-state index in [2.05, 4.69) is 15.3 Å². The molecule has 0 aliphatic carbocycles. The molecule has 0 aliphatic rings. The van der Waals surface area contributed by atoms with Gasteiger partial charge in [0.15, 0.2) is 23.6 Å². The molecule has 0 saturated carbocycles. The molecule has 0 atom stereocenters. The van der Waals surface area contributed by atoms with Crippen molar-refractivity contribution in [3.05, 3.63) is 77.0 Å². The molecule has 9 nitrogen and oxygen atoms in total. The highest BCUT2D eigenvalue weighted by Crippen LogP contribution is 2.26. The largest absolute Gasteiger partial charge is 0.477 e. The van der Waals surface area contributed by atoms with Crippen LogP contribution in [0.25, 0.3) is 22.7 Å². The van der Waals surface area contributed by atoms with Crippen molar-refractivity contribution in [1.29, 1.82) is 0 Å². The van der Waals surface area contributed by atoms with Crippen LogP contribution in [0.3, 0.4) is 0 Å². The Morgan fingerprint density at radius 1 is 1.10 bits per heavy atom. The summed E-state index contributed by atoms with van der Waals surface area (Å²) in [6, 6.07) is 16.3. The molecule has 0 spiro atoms. The first kappa shape index (κ1) is 18.1. The lowest BCUT2D eigenvalue weighted by molar-refractivity contribution is -0.385. The van der Waals surface area contributed by atoms with Crippen molar-refractivity contribution in [2.75, 3.05) is 11.9 Å². The number of nitro groups is 1. The maximum Gasteiger partial charge on any atom is 0.310 e. The summed E-state index contributed by atoms with van der Waals surface area (Å²) in [7, 11) is 0. The van der Waals surface area contributed by atoms with Gasteiger partial charge in [0.1, 0.15) is 0 Å². The van der Waals surface area contributed by atoms with Gasteiger partial charge in [-0.15, -0.1) is 0 Å². The number of pyridine rings is 1. The molecule has 2 aromatic heterocycles. The van der Waals surface area contributed by atoms with Crippen LogP contribution in [-0.4, -0.2) is 27.4 Å². The molecule has 0 bridgehead atoms. The zero-order valence-electron chi connectivity index (χ0n) is 14.9. The number of nitrogens with one attached hydrogen (secondary N) is 1. The molecule has 144 valence electrons. The third-order valence-electron chi connectivity index (χ3n) is 4.00. The molecular formula is C20H14N4O5. The number of anilines is 1. The molecule has 29 heavy (non-hydrogen) atoms. The number of aromatic nitrogens is 2. The summed E-state index contributed by atoms with van der Waals surface area (Å²) in [5.41, 5.74) is 2.19. The summed E-state index contributed by atoms with van der Waals surface area (Å²) in [6.45, 7) is -0.358. The van der Waals surface area contributed by atoms with E-state index >= 15 is 0 Å². The van der Waals surface area contributed by atoms with E-state index in [9.17, 15) is 14.9 Å². The predicted molar refractivity (Wildman–Crippen MR) is 104 cm³/mol. The Hall–Kier alpha value is -4.27. The molecule has 1 amide bonds. The molecule has 0 fully saturated rings. The third-order valence-corrected chi connectivity index (χ3v) is 4.00. The summed E-state index contributed by atoms with van der Waals surface area (Å²) in [5, 5.41) is 13.6. The number of carbonyl (C=O) groups excluding carboxylic acids is 1. The second-order valence-corrected chi connectivity index (χ2v) is 5.98. The van der Waals surface area contributed by atoms with Crippen molar-refractivity contribution in [2.45, 2.75) is 0 Å². The molecule has 9 heteroatoms. The molecule has 2 aromatic carbocycles. The number of nitro benzene ring substituents is 1. The van der Waals surface area contributed by atoms with Gasteiger partial charge in [-0.1, -0.05) is 12.1 Å². The predicted octanol–water partition coefficient (Wildman–Crippen LogP) is 3.82. The summed E-state index contributed by atoms with van der Waals surface area (Å²) in [5.74, 6) is 0.0193. The fourth-order valence-electron chi connectivity index (χ4n) is 2.66. The van der Waals surface area contributed by atoms with Gasteiger partial charge in [-0.2, -0.15) is 4.98 Å². The Kier molecular flexibility index (Phi) is 4.85. The van der Waals surface area contributed by atoms with Gasteiger partial charge in [-0.25, -0.2) is 4.98 Å². The summed E-state index contributed by atoms with van der Waals surface area (Å²) < 4.78 is 10.9. The van der Waals surface area contributed by atoms with Crippen molar-refractivity contribution in [2.24, 2.45) is 0 Å². The van der Waals surface area contributed by atoms with Gasteiger partial charge < -0.3 is 14.5 Å². The van der Waals surface area contributed by atoms with Crippen molar-refractivity contribution >= 4 is 28.5 Å². The number of carbonyl (C=O) groups is 1. The number of benzene rings is 2. The Labute approximate surface area is 164 Å². The van der Waals surface area contributed by atoms with Gasteiger partial charge in [-0.05, 0) is 42.5 Å². The van der Waals surface area contributed by atoms with Gasteiger partial charge >= 0.3 is 5.69 Å². The fraction of sp³-hybridized carbons (Fsp3) is 0.0500. The van der Waals surface area contributed by atoms with Gasteiger partial charge in [0.05, 0.1) is 4.92 Å².